The highest BCUT2D eigenvalue weighted by atomic mass is 35.5. The van der Waals surface area contributed by atoms with Crippen molar-refractivity contribution < 1.29 is 19.0 Å². The number of fused-ring (bicyclic) bond motifs is 2. The summed E-state index contributed by atoms with van der Waals surface area (Å²) in [6.45, 7) is -0.0478. The summed E-state index contributed by atoms with van der Waals surface area (Å²) in [5, 5.41) is 18.5. The Morgan fingerprint density at radius 1 is 0.595 bits per heavy atom. The molecule has 0 radical (unpaired) electrons. The lowest BCUT2D eigenvalue weighted by molar-refractivity contribution is 0.281. The van der Waals surface area contributed by atoms with Crippen LogP contribution in [0.2, 0.25) is 0 Å². The summed E-state index contributed by atoms with van der Waals surface area (Å²) >= 11 is 13.8. The molecule has 0 aliphatic heterocycles. The third-order valence-electron chi connectivity index (χ3n) is 6.27. The Labute approximate surface area is 221 Å². The topological polar surface area (TPSA) is 92.5 Å². The van der Waals surface area contributed by atoms with Crippen LogP contribution in [0.4, 0.5) is 0 Å². The zero-order valence-corrected chi connectivity index (χ0v) is 20.9. The zero-order chi connectivity index (χ0) is 25.6. The Kier molecular flexibility index (Phi) is 5.97. The molecule has 0 aliphatic carbocycles. The van der Waals surface area contributed by atoms with Crippen LogP contribution in [-0.4, -0.2) is 20.2 Å². The van der Waals surface area contributed by atoms with Crippen LogP contribution in [0.5, 0.6) is 0 Å². The van der Waals surface area contributed by atoms with E-state index >= 15 is 0 Å². The van der Waals surface area contributed by atoms with Gasteiger partial charge in [-0.05, 0) is 70.8 Å². The highest BCUT2D eigenvalue weighted by molar-refractivity contribution is 6.50. The monoisotopic (exact) mass is 530 g/mol. The Morgan fingerprint density at radius 2 is 1.00 bits per heavy atom. The molecule has 0 saturated carbocycles. The summed E-state index contributed by atoms with van der Waals surface area (Å²) in [7, 11) is 0. The van der Waals surface area contributed by atoms with Crippen molar-refractivity contribution in [2.24, 2.45) is 0 Å². The number of halogens is 2. The Morgan fingerprint density at radius 3 is 1.38 bits per heavy atom. The van der Waals surface area contributed by atoms with Gasteiger partial charge in [0.05, 0.1) is 13.2 Å². The molecule has 2 aromatic heterocycles. The fourth-order valence-electron chi connectivity index (χ4n) is 4.16. The molecule has 0 unspecified atom stereocenters. The molecule has 0 amide bonds. The van der Waals surface area contributed by atoms with Crippen LogP contribution in [0, 0.1) is 0 Å². The molecule has 0 spiro atoms. The highest BCUT2D eigenvalue weighted by Crippen LogP contribution is 2.43. The number of rotatable bonds is 6. The van der Waals surface area contributed by atoms with Crippen molar-refractivity contribution >= 4 is 45.4 Å². The molecular formula is C29H20Cl2N2O4. The van der Waals surface area contributed by atoms with Gasteiger partial charge < -0.3 is 19.0 Å². The molecule has 0 bridgehead atoms. The molecule has 4 aromatic carbocycles. The summed E-state index contributed by atoms with van der Waals surface area (Å²) in [5.74, 6) is 0.935. The quantitative estimate of drug-likeness (QED) is 0.226. The highest BCUT2D eigenvalue weighted by Gasteiger charge is 2.31. The Bertz CT molecular complexity index is 1590. The summed E-state index contributed by atoms with van der Waals surface area (Å²) in [5.41, 5.74) is 6.98. The molecule has 0 aliphatic rings. The van der Waals surface area contributed by atoms with Gasteiger partial charge >= 0.3 is 0 Å². The van der Waals surface area contributed by atoms with Gasteiger partial charge in [0.15, 0.2) is 15.5 Å². The molecule has 6 nitrogen and oxygen atoms in total. The number of alkyl halides is 2. The van der Waals surface area contributed by atoms with Crippen LogP contribution in [-0.2, 0) is 17.5 Å². The molecule has 0 saturated heterocycles. The van der Waals surface area contributed by atoms with E-state index < -0.39 is 4.33 Å². The van der Waals surface area contributed by atoms with Crippen molar-refractivity contribution in [1.29, 1.82) is 0 Å². The average molecular weight is 531 g/mol. The van der Waals surface area contributed by atoms with E-state index in [2.05, 4.69) is 9.97 Å². The van der Waals surface area contributed by atoms with E-state index in [9.17, 15) is 10.2 Å². The lowest BCUT2D eigenvalue weighted by Gasteiger charge is -2.20. The van der Waals surface area contributed by atoms with Crippen LogP contribution in [0.15, 0.2) is 93.8 Å². The first-order valence-electron chi connectivity index (χ1n) is 11.5. The van der Waals surface area contributed by atoms with Gasteiger partial charge in [-0.3, -0.25) is 0 Å². The summed E-state index contributed by atoms with van der Waals surface area (Å²) < 4.78 is 10.5. The van der Waals surface area contributed by atoms with Crippen LogP contribution >= 0.6 is 23.2 Å². The number of nitrogens with zero attached hydrogens (tertiary/aromatic N) is 2. The van der Waals surface area contributed by atoms with E-state index in [4.69, 9.17) is 32.0 Å². The Hall–Kier alpha value is -3.68. The maximum Gasteiger partial charge on any atom is 0.227 e. The smallest absolute Gasteiger partial charge is 0.227 e. The van der Waals surface area contributed by atoms with Crippen molar-refractivity contribution in [2.75, 3.05) is 0 Å². The van der Waals surface area contributed by atoms with Crippen molar-refractivity contribution in [2.45, 2.75) is 17.5 Å². The predicted octanol–water partition coefficient (Wildman–Crippen LogP) is 6.97. The molecule has 0 atom stereocenters. The second-order valence-corrected chi connectivity index (χ2v) is 10.0. The minimum absolute atomic E-state index is 0.0239. The number of benzene rings is 4. The van der Waals surface area contributed by atoms with E-state index in [1.807, 2.05) is 72.8 Å². The molecule has 6 rings (SSSR count). The number of aliphatic hydroxyl groups excluding tert-OH is 2. The van der Waals surface area contributed by atoms with Crippen molar-refractivity contribution in [3.63, 3.8) is 0 Å². The normalized spacial score (nSPS) is 12.0. The van der Waals surface area contributed by atoms with Crippen molar-refractivity contribution in [3.05, 3.63) is 107 Å². The summed E-state index contributed by atoms with van der Waals surface area (Å²) in [6.07, 6.45) is 0. The lowest BCUT2D eigenvalue weighted by Crippen LogP contribution is -2.12. The van der Waals surface area contributed by atoms with E-state index in [0.29, 0.717) is 45.1 Å². The third-order valence-corrected chi connectivity index (χ3v) is 7.14. The first kappa shape index (κ1) is 23.7. The maximum atomic E-state index is 9.26. The van der Waals surface area contributed by atoms with Crippen LogP contribution in [0.3, 0.4) is 0 Å². The molecule has 184 valence electrons. The number of aliphatic hydroxyl groups is 2. The molecule has 8 heteroatoms. The molecule has 2 heterocycles. The largest absolute Gasteiger partial charge is 0.436 e. The maximum absolute atomic E-state index is 9.26. The molecule has 6 aromatic rings. The second kappa shape index (κ2) is 9.32. The van der Waals surface area contributed by atoms with Crippen molar-refractivity contribution in [1.82, 2.24) is 9.97 Å². The number of aromatic nitrogens is 2. The molecular weight excluding hydrogens is 511 g/mol. The van der Waals surface area contributed by atoms with Crippen molar-refractivity contribution in [3.8, 4) is 22.9 Å². The van der Waals surface area contributed by atoms with Gasteiger partial charge in [-0.2, -0.15) is 0 Å². The lowest BCUT2D eigenvalue weighted by atomic mass is 10.0. The van der Waals surface area contributed by atoms with Gasteiger partial charge in [-0.25, -0.2) is 9.97 Å². The fourth-order valence-corrected chi connectivity index (χ4v) is 4.63. The minimum atomic E-state index is -1.37. The SMILES string of the molecule is OCc1ccc(-c2nc3cc(C(Cl)(Cl)c4ccc5oc(-c6ccc(CO)cc6)nc5c4)ccc3o2)cc1. The zero-order valence-electron chi connectivity index (χ0n) is 19.4. The standard InChI is InChI=1S/C29H20Cl2N2O4/c30-29(31,21-9-11-25-23(13-21)32-27(36-25)19-5-1-17(15-34)2-6-19)22-10-12-26-24(14-22)33-28(37-26)20-7-3-18(16-35)4-8-20/h1-14,34-35H,15-16H2. The van der Waals surface area contributed by atoms with Crippen LogP contribution < -0.4 is 0 Å². The third kappa shape index (κ3) is 4.38. The summed E-state index contributed by atoms with van der Waals surface area (Å²) in [6, 6.07) is 25.6. The summed E-state index contributed by atoms with van der Waals surface area (Å²) in [4.78, 5) is 9.23. The van der Waals surface area contributed by atoms with Gasteiger partial charge in [-0.15, -0.1) is 0 Å². The van der Waals surface area contributed by atoms with Crippen LogP contribution in [0.25, 0.3) is 45.1 Å². The Balaban J connectivity index is 1.33. The van der Waals surface area contributed by atoms with Gasteiger partial charge in [0.25, 0.3) is 0 Å². The molecule has 37 heavy (non-hydrogen) atoms. The first-order chi connectivity index (χ1) is 17.9. The van der Waals surface area contributed by atoms with E-state index in [1.165, 1.54) is 0 Å². The fraction of sp³-hybridized carbons (Fsp3) is 0.103. The van der Waals surface area contributed by atoms with Crippen LogP contribution in [0.1, 0.15) is 22.3 Å². The van der Waals surface area contributed by atoms with E-state index in [0.717, 1.165) is 22.3 Å². The number of hydrogen-bond donors (Lipinski definition) is 2. The second-order valence-electron chi connectivity index (χ2n) is 8.69. The minimum Gasteiger partial charge on any atom is -0.436 e. The van der Waals surface area contributed by atoms with Gasteiger partial charge in [0.1, 0.15) is 11.0 Å². The van der Waals surface area contributed by atoms with Gasteiger partial charge in [-0.1, -0.05) is 59.6 Å². The molecule has 2 N–H and O–H groups in total. The van der Waals surface area contributed by atoms with E-state index in [-0.39, 0.29) is 13.2 Å². The number of oxazole rings is 2. The predicted molar refractivity (Wildman–Crippen MR) is 143 cm³/mol. The van der Waals surface area contributed by atoms with Gasteiger partial charge in [0, 0.05) is 11.1 Å². The van der Waals surface area contributed by atoms with Gasteiger partial charge in [0.2, 0.25) is 11.8 Å². The molecule has 0 fully saturated rings. The first-order valence-corrected chi connectivity index (χ1v) is 12.3. The average Bonchev–Trinajstić information content (AvgIpc) is 3.56. The number of hydrogen-bond acceptors (Lipinski definition) is 6. The van der Waals surface area contributed by atoms with E-state index in [1.54, 1.807) is 12.1 Å².